The van der Waals surface area contributed by atoms with Gasteiger partial charge in [0, 0.05) is 19.0 Å². The van der Waals surface area contributed by atoms with Crippen molar-refractivity contribution in [1.82, 2.24) is 5.32 Å². The molecule has 0 aliphatic heterocycles. The molecule has 17 heavy (non-hydrogen) atoms. The van der Waals surface area contributed by atoms with Gasteiger partial charge in [0.1, 0.15) is 5.82 Å². The van der Waals surface area contributed by atoms with Gasteiger partial charge in [-0.05, 0) is 37.5 Å². The Kier molecular flexibility index (Phi) is 3.74. The quantitative estimate of drug-likeness (QED) is 0.823. The highest BCUT2D eigenvalue weighted by Gasteiger charge is 2.20. The second kappa shape index (κ2) is 5.27. The molecular weight excluding hydrogens is 219 g/mol. The minimum absolute atomic E-state index is 0.150. The van der Waals surface area contributed by atoms with Crippen molar-refractivity contribution in [3.63, 3.8) is 0 Å². The van der Waals surface area contributed by atoms with Gasteiger partial charge in [0.05, 0.1) is 5.69 Å². The lowest BCUT2D eigenvalue weighted by molar-refractivity contribution is -0.116. The van der Waals surface area contributed by atoms with E-state index in [0.717, 1.165) is 5.56 Å². The van der Waals surface area contributed by atoms with Crippen LogP contribution in [0.4, 0.5) is 10.1 Å². The fourth-order valence-electron chi connectivity index (χ4n) is 1.62. The minimum Gasteiger partial charge on any atom is -0.324 e. The molecule has 0 bridgehead atoms. The first-order valence-electron chi connectivity index (χ1n) is 5.94. The van der Waals surface area contributed by atoms with Crippen molar-refractivity contribution in [2.24, 2.45) is 0 Å². The lowest BCUT2D eigenvalue weighted by Crippen LogP contribution is -2.23. The molecule has 1 saturated carbocycles. The molecule has 2 N–H and O–H groups in total. The molecule has 0 saturated heterocycles. The molecule has 1 aromatic carbocycles. The van der Waals surface area contributed by atoms with Crippen LogP contribution in [0.3, 0.4) is 0 Å². The average Bonchev–Trinajstić information content (AvgIpc) is 3.07. The van der Waals surface area contributed by atoms with Crippen LogP contribution < -0.4 is 10.6 Å². The Morgan fingerprint density at radius 3 is 2.94 bits per heavy atom. The third kappa shape index (κ3) is 3.82. The Hall–Kier alpha value is -1.42. The van der Waals surface area contributed by atoms with Crippen LogP contribution in [0.1, 0.15) is 24.8 Å². The molecule has 1 fully saturated rings. The monoisotopic (exact) mass is 236 g/mol. The zero-order chi connectivity index (χ0) is 12.3. The third-order valence-electron chi connectivity index (χ3n) is 2.76. The summed E-state index contributed by atoms with van der Waals surface area (Å²) in [5.74, 6) is -0.540. The molecule has 1 aliphatic carbocycles. The van der Waals surface area contributed by atoms with E-state index in [1.807, 2.05) is 6.92 Å². The highest BCUT2D eigenvalue weighted by Crippen LogP contribution is 2.18. The zero-order valence-electron chi connectivity index (χ0n) is 9.92. The van der Waals surface area contributed by atoms with Gasteiger partial charge in [-0.2, -0.15) is 0 Å². The van der Waals surface area contributed by atoms with Crippen LogP contribution in [0, 0.1) is 12.7 Å². The predicted molar refractivity (Wildman–Crippen MR) is 65.4 cm³/mol. The van der Waals surface area contributed by atoms with E-state index in [1.165, 1.54) is 18.9 Å². The maximum Gasteiger partial charge on any atom is 0.225 e. The van der Waals surface area contributed by atoms with E-state index in [1.54, 1.807) is 12.1 Å². The highest BCUT2D eigenvalue weighted by atomic mass is 19.1. The number of benzene rings is 1. The predicted octanol–water partition coefficient (Wildman–Crippen LogP) is 2.21. The van der Waals surface area contributed by atoms with Gasteiger partial charge in [-0.1, -0.05) is 6.07 Å². The number of halogens is 1. The van der Waals surface area contributed by atoms with Crippen molar-refractivity contribution >= 4 is 11.6 Å². The Labute approximate surface area is 100 Å². The third-order valence-corrected chi connectivity index (χ3v) is 2.76. The van der Waals surface area contributed by atoms with Crippen LogP contribution in [0.15, 0.2) is 18.2 Å². The molecule has 92 valence electrons. The molecule has 0 unspecified atom stereocenters. The number of nitrogens with one attached hydrogen (secondary N) is 2. The van der Waals surface area contributed by atoms with Crippen molar-refractivity contribution in [2.45, 2.75) is 32.2 Å². The molecule has 0 spiro atoms. The van der Waals surface area contributed by atoms with Gasteiger partial charge in [-0.25, -0.2) is 4.39 Å². The Balaban J connectivity index is 1.81. The molecule has 0 atom stereocenters. The lowest BCUT2D eigenvalue weighted by Gasteiger charge is -2.07. The van der Waals surface area contributed by atoms with Crippen LogP contribution in [-0.4, -0.2) is 18.5 Å². The fourth-order valence-corrected chi connectivity index (χ4v) is 1.62. The number of carbonyl (C=O) groups is 1. The van der Waals surface area contributed by atoms with Gasteiger partial charge in [0.15, 0.2) is 0 Å². The maximum absolute atomic E-state index is 13.4. The van der Waals surface area contributed by atoms with E-state index >= 15 is 0 Å². The standard InChI is InChI=1S/C13H17FN2O/c1-9-2-5-11(14)12(8-9)16-13(17)6-7-15-10-3-4-10/h2,5,8,10,15H,3-4,6-7H2,1H3,(H,16,17). The SMILES string of the molecule is Cc1ccc(F)c(NC(=O)CCNC2CC2)c1. The molecule has 0 heterocycles. The summed E-state index contributed by atoms with van der Waals surface area (Å²) >= 11 is 0. The van der Waals surface area contributed by atoms with Crippen LogP contribution in [0.2, 0.25) is 0 Å². The largest absolute Gasteiger partial charge is 0.324 e. The smallest absolute Gasteiger partial charge is 0.225 e. The van der Waals surface area contributed by atoms with Gasteiger partial charge < -0.3 is 10.6 Å². The van der Waals surface area contributed by atoms with Crippen molar-refractivity contribution in [3.05, 3.63) is 29.6 Å². The van der Waals surface area contributed by atoms with E-state index in [0.29, 0.717) is 19.0 Å². The Morgan fingerprint density at radius 1 is 1.47 bits per heavy atom. The van der Waals surface area contributed by atoms with Gasteiger partial charge in [0.25, 0.3) is 0 Å². The second-order valence-electron chi connectivity index (χ2n) is 4.51. The minimum atomic E-state index is -0.390. The number of aryl methyl sites for hydroxylation is 1. The van der Waals surface area contributed by atoms with Crippen LogP contribution in [0.25, 0.3) is 0 Å². The number of anilines is 1. The van der Waals surface area contributed by atoms with E-state index in [2.05, 4.69) is 10.6 Å². The topological polar surface area (TPSA) is 41.1 Å². The molecule has 1 aliphatic rings. The number of hydrogen-bond donors (Lipinski definition) is 2. The maximum atomic E-state index is 13.4. The van der Waals surface area contributed by atoms with Crippen molar-refractivity contribution in [3.8, 4) is 0 Å². The molecule has 1 amide bonds. The molecule has 1 aromatic rings. The molecule has 0 aromatic heterocycles. The normalized spacial score (nSPS) is 14.7. The first-order valence-corrected chi connectivity index (χ1v) is 5.94. The summed E-state index contributed by atoms with van der Waals surface area (Å²) in [5, 5.41) is 5.84. The summed E-state index contributed by atoms with van der Waals surface area (Å²) in [6, 6.07) is 5.28. The highest BCUT2D eigenvalue weighted by molar-refractivity contribution is 5.91. The van der Waals surface area contributed by atoms with Gasteiger partial charge in [0.2, 0.25) is 5.91 Å². The molecule has 4 heteroatoms. The molecule has 3 nitrogen and oxygen atoms in total. The summed E-state index contributed by atoms with van der Waals surface area (Å²) in [6.07, 6.45) is 2.78. The molecular formula is C13H17FN2O. The number of rotatable bonds is 5. The Bertz CT molecular complexity index is 416. The van der Waals surface area contributed by atoms with Crippen molar-refractivity contribution in [1.29, 1.82) is 0 Å². The average molecular weight is 236 g/mol. The van der Waals surface area contributed by atoms with Gasteiger partial charge >= 0.3 is 0 Å². The number of hydrogen-bond acceptors (Lipinski definition) is 2. The van der Waals surface area contributed by atoms with Gasteiger partial charge in [-0.15, -0.1) is 0 Å². The van der Waals surface area contributed by atoms with Crippen LogP contribution >= 0.6 is 0 Å². The number of carbonyl (C=O) groups excluding carboxylic acids is 1. The lowest BCUT2D eigenvalue weighted by atomic mass is 10.2. The summed E-state index contributed by atoms with van der Waals surface area (Å²) in [6.45, 7) is 2.52. The first kappa shape index (κ1) is 12.0. The second-order valence-corrected chi connectivity index (χ2v) is 4.51. The Morgan fingerprint density at radius 2 is 2.24 bits per heavy atom. The zero-order valence-corrected chi connectivity index (χ0v) is 9.92. The van der Waals surface area contributed by atoms with E-state index in [9.17, 15) is 9.18 Å². The van der Waals surface area contributed by atoms with Crippen molar-refractivity contribution < 1.29 is 9.18 Å². The molecule has 2 rings (SSSR count). The van der Waals surface area contributed by atoms with Crippen molar-refractivity contribution in [2.75, 3.05) is 11.9 Å². The number of amides is 1. The van der Waals surface area contributed by atoms with E-state index in [4.69, 9.17) is 0 Å². The summed E-state index contributed by atoms with van der Waals surface area (Å²) in [4.78, 5) is 11.6. The fraction of sp³-hybridized carbons (Fsp3) is 0.462. The summed E-state index contributed by atoms with van der Waals surface area (Å²) in [7, 11) is 0. The van der Waals surface area contributed by atoms with E-state index < -0.39 is 0 Å². The molecule has 0 radical (unpaired) electrons. The first-order chi connectivity index (χ1) is 8.15. The summed E-state index contributed by atoms with van der Waals surface area (Å²) in [5.41, 5.74) is 1.19. The van der Waals surface area contributed by atoms with Gasteiger partial charge in [-0.3, -0.25) is 4.79 Å². The van der Waals surface area contributed by atoms with E-state index in [-0.39, 0.29) is 17.4 Å². The van der Waals surface area contributed by atoms with Crippen LogP contribution in [0.5, 0.6) is 0 Å². The van der Waals surface area contributed by atoms with Crippen LogP contribution in [-0.2, 0) is 4.79 Å². The summed E-state index contributed by atoms with van der Waals surface area (Å²) < 4.78 is 13.4.